The summed E-state index contributed by atoms with van der Waals surface area (Å²) < 4.78 is 5.33. The molecule has 0 saturated heterocycles. The summed E-state index contributed by atoms with van der Waals surface area (Å²) in [6.07, 6.45) is 7.25. The summed E-state index contributed by atoms with van der Waals surface area (Å²) in [4.78, 5) is 12.6. The Hall–Kier alpha value is -1.82. The second-order valence-corrected chi connectivity index (χ2v) is 5.33. The minimum Gasteiger partial charge on any atom is -0.337 e. The molecule has 2 aromatic rings. The van der Waals surface area contributed by atoms with E-state index in [9.17, 15) is 0 Å². The highest BCUT2D eigenvalue weighted by Gasteiger charge is 2.37. The molecule has 1 saturated carbocycles. The number of nitrogens with two attached hydrogens (primary N) is 1. The fourth-order valence-electron chi connectivity index (χ4n) is 2.42. The summed E-state index contributed by atoms with van der Waals surface area (Å²) in [7, 11) is 0. The van der Waals surface area contributed by atoms with Gasteiger partial charge in [-0.1, -0.05) is 12.1 Å². The van der Waals surface area contributed by atoms with E-state index in [0.29, 0.717) is 17.5 Å². The van der Waals surface area contributed by atoms with E-state index >= 15 is 0 Å². The molecule has 1 aliphatic carbocycles. The van der Waals surface area contributed by atoms with E-state index in [-0.39, 0.29) is 0 Å². The number of hydrogen-bond donors (Lipinski definition) is 1. The van der Waals surface area contributed by atoms with Crippen molar-refractivity contribution >= 4 is 0 Å². The summed E-state index contributed by atoms with van der Waals surface area (Å²) in [6.45, 7) is 2.25. The maximum absolute atomic E-state index is 6.40. The lowest BCUT2D eigenvalue weighted by Gasteiger charge is -2.32. The molecule has 0 aromatic carbocycles. The molecule has 6 nitrogen and oxygen atoms in total. The first-order valence-electron chi connectivity index (χ1n) is 6.58. The van der Waals surface area contributed by atoms with Crippen LogP contribution < -0.4 is 5.73 Å². The Labute approximate surface area is 111 Å². The lowest BCUT2D eigenvalue weighted by atomic mass is 9.78. The largest absolute Gasteiger partial charge is 0.337 e. The topological polar surface area (TPSA) is 90.7 Å². The third-order valence-electron chi connectivity index (χ3n) is 3.78. The predicted molar refractivity (Wildman–Crippen MR) is 68.8 cm³/mol. The number of hydrogen-bond acceptors (Lipinski definition) is 6. The molecule has 2 aromatic heterocycles. The molecular formula is C13H17N5O. The Morgan fingerprint density at radius 3 is 2.58 bits per heavy atom. The molecule has 0 amide bonds. The van der Waals surface area contributed by atoms with Crippen LogP contribution in [-0.2, 0) is 5.54 Å². The highest BCUT2D eigenvalue weighted by molar-refractivity contribution is 5.40. The molecule has 6 heteroatoms. The zero-order valence-electron chi connectivity index (χ0n) is 10.9. The molecule has 0 bridgehead atoms. The molecule has 0 atom stereocenters. The Balaban J connectivity index is 1.85. The van der Waals surface area contributed by atoms with Gasteiger partial charge in [-0.3, -0.25) is 0 Å². The second-order valence-electron chi connectivity index (χ2n) is 5.33. The standard InChI is InChI=1S/C13H17N5O/c1-9-3-5-13(14,6-4-9)12-17-11(18-19-12)10-15-7-2-8-16-10/h2,7-9H,3-6,14H2,1H3. The van der Waals surface area contributed by atoms with Crippen LogP contribution in [0.4, 0.5) is 0 Å². The van der Waals surface area contributed by atoms with Crippen LogP contribution in [0.5, 0.6) is 0 Å². The minimum absolute atomic E-state index is 0.402. The fourth-order valence-corrected chi connectivity index (χ4v) is 2.42. The van der Waals surface area contributed by atoms with Gasteiger partial charge in [0.05, 0.1) is 5.54 Å². The van der Waals surface area contributed by atoms with Crippen LogP contribution >= 0.6 is 0 Å². The highest BCUT2D eigenvalue weighted by Crippen LogP contribution is 2.36. The molecule has 0 radical (unpaired) electrons. The average Bonchev–Trinajstić information content (AvgIpc) is 2.94. The maximum Gasteiger partial charge on any atom is 0.247 e. The minimum atomic E-state index is -0.494. The Kier molecular flexibility index (Phi) is 3.02. The lowest BCUT2D eigenvalue weighted by molar-refractivity contribution is 0.190. The van der Waals surface area contributed by atoms with Crippen LogP contribution in [0.15, 0.2) is 23.0 Å². The molecular weight excluding hydrogens is 242 g/mol. The SMILES string of the molecule is CC1CCC(N)(c2nc(-c3ncccn3)no2)CC1. The highest BCUT2D eigenvalue weighted by atomic mass is 16.5. The van der Waals surface area contributed by atoms with E-state index in [1.165, 1.54) is 0 Å². The van der Waals surface area contributed by atoms with Crippen molar-refractivity contribution < 1.29 is 4.52 Å². The summed E-state index contributed by atoms with van der Waals surface area (Å²) in [5, 5.41) is 3.93. The average molecular weight is 259 g/mol. The number of nitrogens with zero attached hydrogens (tertiary/aromatic N) is 4. The molecule has 0 aliphatic heterocycles. The van der Waals surface area contributed by atoms with E-state index in [0.717, 1.165) is 31.6 Å². The smallest absolute Gasteiger partial charge is 0.247 e. The lowest BCUT2D eigenvalue weighted by Crippen LogP contribution is -2.40. The summed E-state index contributed by atoms with van der Waals surface area (Å²) >= 11 is 0. The zero-order chi connectivity index (χ0) is 13.3. The van der Waals surface area contributed by atoms with Crippen LogP contribution in [0.1, 0.15) is 38.5 Å². The van der Waals surface area contributed by atoms with Crippen molar-refractivity contribution in [3.8, 4) is 11.6 Å². The summed E-state index contributed by atoms with van der Waals surface area (Å²) in [6, 6.07) is 1.75. The van der Waals surface area contributed by atoms with Gasteiger partial charge in [0, 0.05) is 12.4 Å². The van der Waals surface area contributed by atoms with E-state index in [1.807, 2.05) is 0 Å². The Morgan fingerprint density at radius 2 is 1.89 bits per heavy atom. The molecule has 3 rings (SSSR count). The monoisotopic (exact) mass is 259 g/mol. The number of aromatic nitrogens is 4. The fraction of sp³-hybridized carbons (Fsp3) is 0.538. The van der Waals surface area contributed by atoms with Gasteiger partial charge in [0.2, 0.25) is 17.5 Å². The first-order chi connectivity index (χ1) is 9.17. The Morgan fingerprint density at radius 1 is 1.21 bits per heavy atom. The Bertz CT molecular complexity index is 545. The van der Waals surface area contributed by atoms with Gasteiger partial charge < -0.3 is 10.3 Å². The van der Waals surface area contributed by atoms with Crippen molar-refractivity contribution in [3.05, 3.63) is 24.4 Å². The van der Waals surface area contributed by atoms with Crippen LogP contribution in [-0.4, -0.2) is 20.1 Å². The molecule has 0 unspecified atom stereocenters. The van der Waals surface area contributed by atoms with Gasteiger partial charge in [-0.2, -0.15) is 4.98 Å². The predicted octanol–water partition coefficient (Wildman–Crippen LogP) is 1.89. The van der Waals surface area contributed by atoms with Gasteiger partial charge >= 0.3 is 0 Å². The second kappa shape index (κ2) is 4.70. The summed E-state index contributed by atoms with van der Waals surface area (Å²) in [5.74, 6) is 2.09. The van der Waals surface area contributed by atoms with Crippen LogP contribution in [0.2, 0.25) is 0 Å². The van der Waals surface area contributed by atoms with Crippen molar-refractivity contribution in [1.29, 1.82) is 0 Å². The molecule has 2 N–H and O–H groups in total. The maximum atomic E-state index is 6.40. The van der Waals surface area contributed by atoms with Crippen molar-refractivity contribution in [3.63, 3.8) is 0 Å². The van der Waals surface area contributed by atoms with E-state index in [2.05, 4.69) is 27.0 Å². The third kappa shape index (κ3) is 2.35. The summed E-state index contributed by atoms with van der Waals surface area (Å²) in [5.41, 5.74) is 5.90. The van der Waals surface area contributed by atoms with Crippen molar-refractivity contribution in [2.45, 2.75) is 38.1 Å². The molecule has 19 heavy (non-hydrogen) atoms. The first-order valence-corrected chi connectivity index (χ1v) is 6.58. The normalized spacial score (nSPS) is 27.4. The van der Waals surface area contributed by atoms with Gasteiger partial charge in [-0.25, -0.2) is 9.97 Å². The van der Waals surface area contributed by atoms with Crippen molar-refractivity contribution in [2.24, 2.45) is 11.7 Å². The van der Waals surface area contributed by atoms with E-state index in [4.69, 9.17) is 10.3 Å². The van der Waals surface area contributed by atoms with E-state index in [1.54, 1.807) is 18.5 Å². The molecule has 0 spiro atoms. The van der Waals surface area contributed by atoms with Crippen molar-refractivity contribution in [2.75, 3.05) is 0 Å². The molecule has 100 valence electrons. The van der Waals surface area contributed by atoms with Crippen LogP contribution in [0, 0.1) is 5.92 Å². The quantitative estimate of drug-likeness (QED) is 0.885. The van der Waals surface area contributed by atoms with Gasteiger partial charge in [0.25, 0.3) is 0 Å². The van der Waals surface area contributed by atoms with Crippen molar-refractivity contribution in [1.82, 2.24) is 20.1 Å². The molecule has 1 aliphatic rings. The molecule has 1 fully saturated rings. The van der Waals surface area contributed by atoms with Crippen LogP contribution in [0.3, 0.4) is 0 Å². The van der Waals surface area contributed by atoms with Gasteiger partial charge in [-0.05, 0) is 37.7 Å². The molecule has 2 heterocycles. The van der Waals surface area contributed by atoms with Crippen LogP contribution in [0.25, 0.3) is 11.6 Å². The van der Waals surface area contributed by atoms with Gasteiger partial charge in [0.1, 0.15) is 0 Å². The zero-order valence-corrected chi connectivity index (χ0v) is 10.9. The van der Waals surface area contributed by atoms with E-state index < -0.39 is 5.54 Å². The first kappa shape index (κ1) is 12.2. The van der Waals surface area contributed by atoms with Gasteiger partial charge in [0.15, 0.2) is 0 Å². The van der Waals surface area contributed by atoms with Gasteiger partial charge in [-0.15, -0.1) is 0 Å². The third-order valence-corrected chi connectivity index (χ3v) is 3.78. The number of rotatable bonds is 2.